The second-order valence-electron chi connectivity index (χ2n) is 9.50. The van der Waals surface area contributed by atoms with E-state index >= 15 is 0 Å². The minimum Gasteiger partial charge on any atom is -0.382 e. The summed E-state index contributed by atoms with van der Waals surface area (Å²) >= 11 is 5.84. The zero-order valence-electron chi connectivity index (χ0n) is 19.2. The third kappa shape index (κ3) is 4.50. The van der Waals surface area contributed by atoms with E-state index in [4.69, 9.17) is 11.6 Å². The van der Waals surface area contributed by atoms with Crippen LogP contribution in [0.5, 0.6) is 0 Å². The highest BCUT2D eigenvalue weighted by molar-refractivity contribution is 7.84. The molecule has 3 aromatic rings. The van der Waals surface area contributed by atoms with Gasteiger partial charge in [-0.3, -0.25) is 9.00 Å². The summed E-state index contributed by atoms with van der Waals surface area (Å²) in [5.41, 5.74) is 0.472. The van der Waals surface area contributed by atoms with Crippen molar-refractivity contribution >= 4 is 34.0 Å². The third-order valence-electron chi connectivity index (χ3n) is 7.16. The average Bonchev–Trinajstić information content (AvgIpc) is 3.47. The van der Waals surface area contributed by atoms with Crippen LogP contribution >= 0.6 is 11.6 Å². The molecule has 0 aliphatic heterocycles. The zero-order chi connectivity index (χ0) is 24.9. The van der Waals surface area contributed by atoms with Crippen molar-refractivity contribution in [1.82, 2.24) is 19.5 Å². The molecule has 0 bridgehead atoms. The van der Waals surface area contributed by atoms with Crippen LogP contribution in [0.2, 0.25) is 5.02 Å². The van der Waals surface area contributed by atoms with Crippen molar-refractivity contribution in [3.05, 3.63) is 65.0 Å². The number of amides is 1. The van der Waals surface area contributed by atoms with Crippen LogP contribution in [0.15, 0.2) is 41.8 Å². The van der Waals surface area contributed by atoms with Crippen molar-refractivity contribution in [3.8, 4) is 0 Å². The van der Waals surface area contributed by atoms with Gasteiger partial charge in [-0.2, -0.15) is 0 Å². The Labute approximate surface area is 209 Å². The fourth-order valence-electron chi connectivity index (χ4n) is 5.56. The lowest BCUT2D eigenvalue weighted by Gasteiger charge is -2.23. The normalized spacial score (nSPS) is 26.5. The molecule has 2 aliphatic carbocycles. The summed E-state index contributed by atoms with van der Waals surface area (Å²) in [6.07, 6.45) is 8.87. The van der Waals surface area contributed by atoms with Crippen molar-refractivity contribution in [2.75, 3.05) is 11.6 Å². The summed E-state index contributed by atoms with van der Waals surface area (Å²) in [7, 11) is 0.592. The van der Waals surface area contributed by atoms with Gasteiger partial charge in [0.15, 0.2) is 5.82 Å². The number of fused-ring (bicyclic) bond motifs is 1. The Kier molecular flexibility index (Phi) is 6.23. The third-order valence-corrected chi connectivity index (χ3v) is 8.33. The molecule has 2 heterocycles. The van der Waals surface area contributed by atoms with E-state index in [0.717, 1.165) is 18.5 Å². The van der Waals surface area contributed by atoms with Gasteiger partial charge in [0.2, 0.25) is 0 Å². The maximum atomic E-state index is 13.5. The number of anilines is 1. The number of carbonyl (C=O) groups excluding carboxylic acids is 1. The Morgan fingerprint density at radius 3 is 2.49 bits per heavy atom. The molecule has 0 spiro atoms. The molecule has 3 atom stereocenters. The first-order chi connectivity index (χ1) is 16.6. The Morgan fingerprint density at radius 1 is 1.23 bits per heavy atom. The molecular weight excluding hydrogens is 493 g/mol. The molecule has 2 aliphatic rings. The van der Waals surface area contributed by atoms with Crippen LogP contribution in [0.1, 0.15) is 53.6 Å². The SMILES string of the molecule is Cn1cnc(C2CC3CC(O)(c4ncc(S(C)=O)cn4)CC3C2)c1C(=O)Nc1ccc(F)c(Cl)c1. The van der Waals surface area contributed by atoms with Gasteiger partial charge in [0.1, 0.15) is 17.1 Å². The molecule has 35 heavy (non-hydrogen) atoms. The van der Waals surface area contributed by atoms with Crippen LogP contribution in [-0.2, 0) is 23.4 Å². The highest BCUT2D eigenvalue weighted by atomic mass is 35.5. The quantitative estimate of drug-likeness (QED) is 0.533. The van der Waals surface area contributed by atoms with Crippen LogP contribution in [0, 0.1) is 17.7 Å². The molecule has 8 nitrogen and oxygen atoms in total. The Bertz CT molecular complexity index is 1300. The molecular formula is C24H25ClFN5O3S. The maximum absolute atomic E-state index is 13.5. The van der Waals surface area contributed by atoms with Gasteiger partial charge in [0.25, 0.3) is 5.91 Å². The number of aromatic nitrogens is 4. The molecule has 1 amide bonds. The number of benzene rings is 1. The van der Waals surface area contributed by atoms with Crippen LogP contribution in [0.4, 0.5) is 10.1 Å². The molecule has 11 heteroatoms. The van der Waals surface area contributed by atoms with Crippen molar-refractivity contribution in [1.29, 1.82) is 0 Å². The summed E-state index contributed by atoms with van der Waals surface area (Å²) in [6.45, 7) is 0. The average molecular weight is 518 g/mol. The van der Waals surface area contributed by atoms with Crippen molar-refractivity contribution in [2.24, 2.45) is 18.9 Å². The van der Waals surface area contributed by atoms with E-state index in [1.165, 1.54) is 30.6 Å². The predicted molar refractivity (Wildman–Crippen MR) is 129 cm³/mol. The van der Waals surface area contributed by atoms with E-state index in [0.29, 0.717) is 34.9 Å². The van der Waals surface area contributed by atoms with E-state index in [1.807, 2.05) is 0 Å². The number of rotatable bonds is 5. The van der Waals surface area contributed by atoms with Crippen LogP contribution in [0.25, 0.3) is 0 Å². The molecule has 2 aromatic heterocycles. The van der Waals surface area contributed by atoms with Gasteiger partial charge in [-0.05, 0) is 55.7 Å². The zero-order valence-corrected chi connectivity index (χ0v) is 20.8. The van der Waals surface area contributed by atoms with E-state index < -0.39 is 22.2 Å². The lowest BCUT2D eigenvalue weighted by molar-refractivity contribution is 0.0252. The van der Waals surface area contributed by atoms with Crippen LogP contribution < -0.4 is 5.32 Å². The van der Waals surface area contributed by atoms with E-state index in [-0.39, 0.29) is 28.7 Å². The Morgan fingerprint density at radius 2 is 1.89 bits per heavy atom. The number of imidazole rings is 1. The van der Waals surface area contributed by atoms with Crippen molar-refractivity contribution in [2.45, 2.75) is 42.1 Å². The minimum atomic E-state index is -1.17. The molecule has 0 radical (unpaired) electrons. The number of nitrogens with zero attached hydrogens (tertiary/aromatic N) is 4. The molecule has 5 rings (SSSR count). The molecule has 2 saturated carbocycles. The highest BCUT2D eigenvalue weighted by Crippen LogP contribution is 2.56. The van der Waals surface area contributed by atoms with Gasteiger partial charge in [-0.1, -0.05) is 11.6 Å². The number of nitrogens with one attached hydrogen (secondary N) is 1. The first-order valence-corrected chi connectivity index (χ1v) is 13.2. The first kappa shape index (κ1) is 24.0. The van der Waals surface area contributed by atoms with Gasteiger partial charge in [0, 0.05) is 37.3 Å². The first-order valence-electron chi connectivity index (χ1n) is 11.3. The van der Waals surface area contributed by atoms with Crippen molar-refractivity contribution in [3.63, 3.8) is 0 Å². The minimum absolute atomic E-state index is 0.0642. The van der Waals surface area contributed by atoms with Gasteiger partial charge < -0.3 is 15.0 Å². The summed E-state index contributed by atoms with van der Waals surface area (Å²) in [5, 5.41) is 14.0. The summed E-state index contributed by atoms with van der Waals surface area (Å²) in [6, 6.07) is 4.04. The van der Waals surface area contributed by atoms with E-state index in [2.05, 4.69) is 20.3 Å². The summed E-state index contributed by atoms with van der Waals surface area (Å²) in [4.78, 5) is 26.7. The number of aryl methyl sites for hydroxylation is 1. The lowest BCUT2D eigenvalue weighted by Crippen LogP contribution is -2.26. The number of halogens is 2. The van der Waals surface area contributed by atoms with Gasteiger partial charge in [-0.15, -0.1) is 0 Å². The standard InChI is InChI=1S/C24H25ClFN5O3S/c1-31-12-29-20(21(31)22(32)30-16-3-4-19(26)18(25)7-16)13-5-14-8-24(33,9-15(14)6-13)23-27-10-17(11-28-23)35(2)34/h3-4,7,10-15,33H,5-6,8-9H2,1-2H3,(H,30,32). The second kappa shape index (κ2) is 9.07. The fourth-order valence-corrected chi connectivity index (χ4v) is 6.14. The predicted octanol–water partition coefficient (Wildman–Crippen LogP) is 3.78. The largest absolute Gasteiger partial charge is 0.382 e. The lowest BCUT2D eigenvalue weighted by atomic mass is 9.91. The van der Waals surface area contributed by atoms with E-state index in [1.54, 1.807) is 24.2 Å². The molecule has 0 saturated heterocycles. The molecule has 2 fully saturated rings. The topological polar surface area (TPSA) is 110 Å². The molecule has 184 valence electrons. The molecule has 1 aromatic carbocycles. The Hall–Kier alpha value is -2.69. The smallest absolute Gasteiger partial charge is 0.274 e. The summed E-state index contributed by atoms with van der Waals surface area (Å²) in [5.74, 6) is 0.0699. The number of hydrogen-bond donors (Lipinski definition) is 2. The molecule has 3 unspecified atom stereocenters. The van der Waals surface area contributed by atoms with Gasteiger partial charge in [0.05, 0.1) is 32.7 Å². The fraction of sp³-hybridized carbons (Fsp3) is 0.417. The maximum Gasteiger partial charge on any atom is 0.274 e. The van der Waals surface area contributed by atoms with Gasteiger partial charge in [-0.25, -0.2) is 19.3 Å². The van der Waals surface area contributed by atoms with Crippen LogP contribution in [-0.4, -0.2) is 41.0 Å². The number of hydrogen-bond acceptors (Lipinski definition) is 6. The van der Waals surface area contributed by atoms with Crippen LogP contribution in [0.3, 0.4) is 0 Å². The second-order valence-corrected chi connectivity index (χ2v) is 11.3. The highest BCUT2D eigenvalue weighted by Gasteiger charge is 2.51. The summed E-state index contributed by atoms with van der Waals surface area (Å²) < 4.78 is 26.8. The number of aliphatic hydroxyl groups is 1. The monoisotopic (exact) mass is 517 g/mol. The van der Waals surface area contributed by atoms with Gasteiger partial charge >= 0.3 is 0 Å². The Balaban J connectivity index is 1.30. The number of carbonyl (C=O) groups is 1. The van der Waals surface area contributed by atoms with Crippen molar-refractivity contribution < 1.29 is 18.5 Å². The van der Waals surface area contributed by atoms with E-state index in [9.17, 15) is 18.5 Å². The molecule has 2 N–H and O–H groups in total.